The molecule has 0 bridgehead atoms. The van der Waals surface area contributed by atoms with Crippen molar-refractivity contribution in [3.05, 3.63) is 28.7 Å². The van der Waals surface area contributed by atoms with Crippen LogP contribution in [0.2, 0.25) is 0 Å². The number of halogens is 5. The van der Waals surface area contributed by atoms with Gasteiger partial charge in [-0.05, 0) is 24.3 Å². The first-order valence-corrected chi connectivity index (χ1v) is 7.68. The molecule has 0 spiro atoms. The first-order chi connectivity index (χ1) is 7.63. The van der Waals surface area contributed by atoms with Crippen LogP contribution >= 0.6 is 31.9 Å². The lowest BCUT2D eigenvalue weighted by Crippen LogP contribution is -2.30. The quantitative estimate of drug-likeness (QED) is 0.733. The molecule has 0 saturated carbocycles. The molecule has 96 valence electrons. The molecule has 0 aliphatic rings. The zero-order valence-corrected chi connectivity index (χ0v) is 12.2. The predicted octanol–water partition coefficient (Wildman–Crippen LogP) is 3.55. The second-order valence-corrected chi connectivity index (χ2v) is 7.30. The maximum Gasteiger partial charge on any atom is 0.402 e. The molecule has 0 saturated heterocycles. The number of hydrogen-bond donors (Lipinski definition) is 0. The van der Waals surface area contributed by atoms with E-state index in [1.807, 2.05) is 0 Å². The predicted molar refractivity (Wildman–Crippen MR) is 65.0 cm³/mol. The second kappa shape index (κ2) is 5.27. The van der Waals surface area contributed by atoms with Crippen molar-refractivity contribution < 1.29 is 21.6 Å². The van der Waals surface area contributed by atoms with Gasteiger partial charge in [-0.15, -0.1) is 0 Å². The highest BCUT2D eigenvalue weighted by Crippen LogP contribution is 2.29. The number of rotatable bonds is 3. The third kappa shape index (κ3) is 4.26. The van der Waals surface area contributed by atoms with Crippen LogP contribution in [0.1, 0.15) is 0 Å². The van der Waals surface area contributed by atoms with E-state index in [2.05, 4.69) is 31.9 Å². The fraction of sp³-hybridized carbons (Fsp3) is 0.333. The van der Waals surface area contributed by atoms with E-state index in [0.717, 1.165) is 0 Å². The normalized spacial score (nSPS) is 14.6. The molecule has 1 rings (SSSR count). The summed E-state index contributed by atoms with van der Waals surface area (Å²) in [6, 6.07) is 5.44. The van der Waals surface area contributed by atoms with Crippen LogP contribution in [0.15, 0.2) is 33.6 Å². The van der Waals surface area contributed by atoms with Gasteiger partial charge in [0.2, 0.25) is 0 Å². The molecule has 1 aromatic rings. The zero-order chi connectivity index (χ0) is 13.3. The Balaban J connectivity index is 2.94. The molecule has 0 aliphatic carbocycles. The van der Waals surface area contributed by atoms with Gasteiger partial charge in [0.1, 0.15) is 4.83 Å². The summed E-state index contributed by atoms with van der Waals surface area (Å²) >= 11 is 5.44. The third-order valence-corrected chi connectivity index (χ3v) is 5.46. The van der Waals surface area contributed by atoms with E-state index in [0.29, 0.717) is 4.47 Å². The smallest absolute Gasteiger partial charge is 0.224 e. The number of hydrogen-bond acceptors (Lipinski definition) is 2. The summed E-state index contributed by atoms with van der Waals surface area (Å²) in [7, 11) is -3.95. The third-order valence-electron chi connectivity index (χ3n) is 1.89. The van der Waals surface area contributed by atoms with Crippen LogP contribution in [0.25, 0.3) is 0 Å². The van der Waals surface area contributed by atoms with Gasteiger partial charge in [0, 0.05) is 4.47 Å². The van der Waals surface area contributed by atoms with Crippen molar-refractivity contribution in [2.75, 3.05) is 5.75 Å². The van der Waals surface area contributed by atoms with Crippen LogP contribution in [-0.4, -0.2) is 25.2 Å². The molecule has 0 N–H and O–H groups in total. The number of alkyl halides is 4. The van der Waals surface area contributed by atoms with E-state index in [1.54, 1.807) is 0 Å². The lowest BCUT2D eigenvalue weighted by Gasteiger charge is -2.14. The Kier molecular flexibility index (Phi) is 4.65. The van der Waals surface area contributed by atoms with Crippen molar-refractivity contribution in [2.45, 2.75) is 15.9 Å². The van der Waals surface area contributed by atoms with Gasteiger partial charge < -0.3 is 0 Å². The molecule has 1 atom stereocenters. The molecular weight excluding hydrogens is 389 g/mol. The highest BCUT2D eigenvalue weighted by Gasteiger charge is 2.40. The molecule has 0 aliphatic heterocycles. The SMILES string of the molecule is O=S(=O)(CC(Br)C(F)(F)F)c1ccc(Br)cc1. The molecule has 1 unspecified atom stereocenters. The molecular formula is C9H7Br2F3O2S. The maximum absolute atomic E-state index is 12.2. The average molecular weight is 396 g/mol. The highest BCUT2D eigenvalue weighted by atomic mass is 79.9. The first-order valence-electron chi connectivity index (χ1n) is 4.32. The largest absolute Gasteiger partial charge is 0.402 e. The minimum absolute atomic E-state index is 0.130. The summed E-state index contributed by atoms with van der Waals surface area (Å²) in [5.74, 6) is -1.02. The topological polar surface area (TPSA) is 34.1 Å². The molecule has 0 fully saturated rings. The lowest BCUT2D eigenvalue weighted by atomic mass is 10.4. The molecule has 17 heavy (non-hydrogen) atoms. The summed E-state index contributed by atoms with van der Waals surface area (Å²) in [5.41, 5.74) is 0. The Labute approximate surface area is 113 Å². The monoisotopic (exact) mass is 394 g/mol. The molecule has 0 amide bonds. The van der Waals surface area contributed by atoms with Gasteiger partial charge in [-0.2, -0.15) is 13.2 Å². The van der Waals surface area contributed by atoms with Gasteiger partial charge >= 0.3 is 6.18 Å². The Hall–Kier alpha value is -0.0800. The minimum Gasteiger partial charge on any atom is -0.224 e. The number of sulfone groups is 1. The fourth-order valence-electron chi connectivity index (χ4n) is 1.03. The van der Waals surface area contributed by atoms with Crippen LogP contribution in [-0.2, 0) is 9.84 Å². The van der Waals surface area contributed by atoms with E-state index in [-0.39, 0.29) is 4.90 Å². The zero-order valence-electron chi connectivity index (χ0n) is 8.21. The van der Waals surface area contributed by atoms with Gasteiger partial charge in [-0.3, -0.25) is 0 Å². The van der Waals surface area contributed by atoms with E-state index in [4.69, 9.17) is 0 Å². The van der Waals surface area contributed by atoms with Gasteiger partial charge in [0.15, 0.2) is 9.84 Å². The maximum atomic E-state index is 12.2. The Morgan fingerprint density at radius 2 is 1.65 bits per heavy atom. The van der Waals surface area contributed by atoms with Crippen molar-refractivity contribution in [2.24, 2.45) is 0 Å². The van der Waals surface area contributed by atoms with Crippen molar-refractivity contribution in [1.29, 1.82) is 0 Å². The summed E-state index contributed by atoms with van der Waals surface area (Å²) in [6.07, 6.45) is -4.58. The van der Waals surface area contributed by atoms with Crippen LogP contribution in [0, 0.1) is 0 Å². The van der Waals surface area contributed by atoms with E-state index in [1.165, 1.54) is 24.3 Å². The summed E-state index contributed by atoms with van der Waals surface area (Å²) in [5, 5.41) is 0. The van der Waals surface area contributed by atoms with Gasteiger partial charge in [-0.1, -0.05) is 31.9 Å². The fourth-order valence-corrected chi connectivity index (χ4v) is 3.65. The highest BCUT2D eigenvalue weighted by molar-refractivity contribution is 9.10. The van der Waals surface area contributed by atoms with Crippen LogP contribution in [0.5, 0.6) is 0 Å². The van der Waals surface area contributed by atoms with E-state index in [9.17, 15) is 21.6 Å². The molecule has 0 aromatic heterocycles. The molecule has 0 heterocycles. The van der Waals surface area contributed by atoms with Crippen LogP contribution in [0.4, 0.5) is 13.2 Å². The van der Waals surface area contributed by atoms with Crippen LogP contribution in [0.3, 0.4) is 0 Å². The summed E-state index contributed by atoms with van der Waals surface area (Å²) in [6.45, 7) is 0. The standard InChI is InChI=1S/C9H7Br2F3O2S/c10-6-1-3-7(4-2-6)17(15,16)5-8(11)9(12,13)14/h1-4,8H,5H2. The molecule has 2 nitrogen and oxygen atoms in total. The van der Waals surface area contributed by atoms with Crippen LogP contribution < -0.4 is 0 Å². The Morgan fingerprint density at radius 3 is 2.06 bits per heavy atom. The van der Waals surface area contributed by atoms with Crippen molar-refractivity contribution in [3.63, 3.8) is 0 Å². The lowest BCUT2D eigenvalue weighted by molar-refractivity contribution is -0.123. The van der Waals surface area contributed by atoms with Gasteiger partial charge in [-0.25, -0.2) is 8.42 Å². The Bertz CT molecular complexity index is 482. The minimum atomic E-state index is -4.58. The van der Waals surface area contributed by atoms with Gasteiger partial charge in [0.05, 0.1) is 10.6 Å². The van der Waals surface area contributed by atoms with Crippen molar-refractivity contribution in [1.82, 2.24) is 0 Å². The van der Waals surface area contributed by atoms with Gasteiger partial charge in [0.25, 0.3) is 0 Å². The molecule has 8 heteroatoms. The summed E-state index contributed by atoms with van der Waals surface area (Å²) in [4.78, 5) is -2.20. The van der Waals surface area contributed by atoms with E-state index >= 15 is 0 Å². The summed E-state index contributed by atoms with van der Waals surface area (Å²) < 4.78 is 60.7. The first kappa shape index (κ1) is 15.0. The number of benzene rings is 1. The van der Waals surface area contributed by atoms with E-state index < -0.39 is 26.6 Å². The molecule has 1 aromatic carbocycles. The average Bonchev–Trinajstić information content (AvgIpc) is 2.16. The Morgan fingerprint density at radius 1 is 1.18 bits per heavy atom. The van der Waals surface area contributed by atoms with Crippen molar-refractivity contribution >= 4 is 41.7 Å². The molecule has 0 radical (unpaired) electrons. The van der Waals surface area contributed by atoms with Crippen molar-refractivity contribution in [3.8, 4) is 0 Å². The second-order valence-electron chi connectivity index (χ2n) is 3.24.